The minimum Gasteiger partial charge on any atom is -0.381 e. The molecule has 1 unspecified atom stereocenters. The van der Waals surface area contributed by atoms with Crippen LogP contribution in [0.2, 0.25) is 0 Å². The highest BCUT2D eigenvalue weighted by molar-refractivity contribution is 5.95. The number of carbonyl (C=O) groups is 2. The summed E-state index contributed by atoms with van der Waals surface area (Å²) in [6.07, 6.45) is 5.52. The van der Waals surface area contributed by atoms with Gasteiger partial charge in [-0.05, 0) is 68.9 Å². The van der Waals surface area contributed by atoms with Gasteiger partial charge in [-0.1, -0.05) is 0 Å². The number of nitrogens with zero attached hydrogens (tertiary/aromatic N) is 3. The van der Waals surface area contributed by atoms with Crippen LogP contribution >= 0.6 is 0 Å². The Balaban J connectivity index is 1.63. The van der Waals surface area contributed by atoms with Crippen molar-refractivity contribution in [1.29, 1.82) is 0 Å². The van der Waals surface area contributed by atoms with Crippen molar-refractivity contribution < 1.29 is 23.1 Å². The van der Waals surface area contributed by atoms with Gasteiger partial charge in [0.1, 0.15) is 5.82 Å². The molecule has 2 aliphatic rings. The molecular weight excluding hydrogens is 466 g/mol. The lowest BCUT2D eigenvalue weighted by Gasteiger charge is -2.37. The Morgan fingerprint density at radius 1 is 1.06 bits per heavy atom. The van der Waals surface area contributed by atoms with Gasteiger partial charge in [-0.15, -0.1) is 0 Å². The number of benzene rings is 2. The van der Waals surface area contributed by atoms with Crippen molar-refractivity contribution in [3.63, 3.8) is 0 Å². The molecule has 36 heavy (non-hydrogen) atoms. The zero-order chi connectivity index (χ0) is 25.4. The van der Waals surface area contributed by atoms with E-state index >= 15 is 0 Å². The summed E-state index contributed by atoms with van der Waals surface area (Å²) in [6, 6.07) is 8.96. The molecule has 1 aliphatic carbocycles. The molecule has 5 rings (SSSR count). The molecule has 2 amide bonds. The molecule has 2 aromatic carbocycles. The molecule has 190 valence electrons. The highest BCUT2D eigenvalue weighted by Gasteiger charge is 2.36. The summed E-state index contributed by atoms with van der Waals surface area (Å²) < 4.78 is 35.6. The van der Waals surface area contributed by atoms with Crippen LogP contribution in [0.25, 0.3) is 11.0 Å². The van der Waals surface area contributed by atoms with Crippen molar-refractivity contribution in [2.45, 2.75) is 70.1 Å². The quantitative estimate of drug-likeness (QED) is 0.495. The van der Waals surface area contributed by atoms with Crippen molar-refractivity contribution in [2.24, 2.45) is 0 Å². The van der Waals surface area contributed by atoms with Crippen LogP contribution in [0.3, 0.4) is 0 Å². The van der Waals surface area contributed by atoms with Crippen LogP contribution in [0.4, 0.5) is 20.2 Å². The molecule has 1 N–H and O–H groups in total. The van der Waals surface area contributed by atoms with Gasteiger partial charge in [-0.2, -0.15) is 0 Å². The molecule has 0 bridgehead atoms. The van der Waals surface area contributed by atoms with Crippen LogP contribution in [0.1, 0.15) is 69.8 Å². The summed E-state index contributed by atoms with van der Waals surface area (Å²) >= 11 is 0. The van der Waals surface area contributed by atoms with E-state index in [0.29, 0.717) is 36.2 Å². The lowest BCUT2D eigenvalue weighted by atomic mass is 9.92. The van der Waals surface area contributed by atoms with E-state index in [2.05, 4.69) is 9.88 Å². The average Bonchev–Trinajstić information content (AvgIpc) is 3.24. The predicted octanol–water partition coefficient (Wildman–Crippen LogP) is 5.66. The Labute approximate surface area is 208 Å². The third kappa shape index (κ3) is 4.59. The number of amides is 2. The molecule has 0 radical (unpaired) electrons. The number of methoxy groups -OCH3 is 1. The van der Waals surface area contributed by atoms with E-state index in [4.69, 9.17) is 9.72 Å². The number of fused-ring (bicyclic) bond motifs is 1. The minimum absolute atomic E-state index is 0.141. The summed E-state index contributed by atoms with van der Waals surface area (Å²) in [7, 11) is 1.74. The summed E-state index contributed by atoms with van der Waals surface area (Å²) in [5.74, 6) is -1.53. The van der Waals surface area contributed by atoms with Gasteiger partial charge < -0.3 is 19.5 Å². The fourth-order valence-corrected chi connectivity index (χ4v) is 5.63. The van der Waals surface area contributed by atoms with Crippen molar-refractivity contribution in [3.05, 3.63) is 53.9 Å². The second kappa shape index (κ2) is 9.97. The number of hydrogen-bond donors (Lipinski definition) is 1. The second-order valence-corrected chi connectivity index (χ2v) is 9.66. The Morgan fingerprint density at radius 2 is 1.83 bits per heavy atom. The monoisotopic (exact) mass is 496 g/mol. The van der Waals surface area contributed by atoms with E-state index in [0.717, 1.165) is 49.2 Å². The molecule has 1 aromatic heterocycles. The number of imidazole rings is 1. The number of halogens is 2. The average molecular weight is 497 g/mol. The smallest absolute Gasteiger partial charge is 0.227 e. The summed E-state index contributed by atoms with van der Waals surface area (Å²) in [6.45, 7) is 1.45. The van der Waals surface area contributed by atoms with Gasteiger partial charge in [0.2, 0.25) is 11.8 Å². The van der Waals surface area contributed by atoms with Gasteiger partial charge in [0.25, 0.3) is 0 Å². The molecular formula is C27H30F2N4O3. The predicted molar refractivity (Wildman–Crippen MR) is 133 cm³/mol. The molecule has 3 aromatic rings. The standard InChI is InChI=1S/C27H30F2N4O3/c1-16(34)30-17-6-13-24-23(14-17)31-27(33(24)18-7-10-20(36-2)11-8-18)25-4-3-5-26(35)32(25)19-9-12-21(28)22(29)15-19/h6,9,12-15,18,20,25H,3-5,7-8,10-11H2,1-2H3,(H,30,34). The van der Waals surface area contributed by atoms with Crippen LogP contribution in [0, 0.1) is 11.6 Å². The normalized spacial score (nSPS) is 22.7. The highest BCUT2D eigenvalue weighted by atomic mass is 19.2. The van der Waals surface area contributed by atoms with Gasteiger partial charge in [0.15, 0.2) is 11.6 Å². The van der Waals surface area contributed by atoms with E-state index < -0.39 is 17.7 Å². The lowest BCUT2D eigenvalue weighted by Crippen LogP contribution is -2.40. The van der Waals surface area contributed by atoms with Gasteiger partial charge in [0.05, 0.1) is 23.2 Å². The maximum Gasteiger partial charge on any atom is 0.227 e. The lowest BCUT2D eigenvalue weighted by molar-refractivity contribution is -0.120. The van der Waals surface area contributed by atoms with Gasteiger partial charge >= 0.3 is 0 Å². The Kier molecular flexibility index (Phi) is 6.75. The van der Waals surface area contributed by atoms with Gasteiger partial charge in [-0.3, -0.25) is 9.59 Å². The fourth-order valence-electron chi connectivity index (χ4n) is 5.63. The number of aromatic nitrogens is 2. The molecule has 1 saturated heterocycles. The maximum atomic E-state index is 14.2. The zero-order valence-electron chi connectivity index (χ0n) is 20.5. The molecule has 1 aliphatic heterocycles. The third-order valence-corrected chi connectivity index (χ3v) is 7.31. The van der Waals surface area contributed by atoms with E-state index in [9.17, 15) is 18.4 Å². The van der Waals surface area contributed by atoms with E-state index in [1.54, 1.807) is 12.0 Å². The van der Waals surface area contributed by atoms with Crippen LogP contribution in [-0.2, 0) is 14.3 Å². The number of hydrogen-bond acceptors (Lipinski definition) is 4. The van der Waals surface area contributed by atoms with Crippen molar-refractivity contribution in [1.82, 2.24) is 9.55 Å². The molecule has 1 atom stereocenters. The maximum absolute atomic E-state index is 14.2. The van der Waals surface area contributed by atoms with E-state index in [-0.39, 0.29) is 24.0 Å². The summed E-state index contributed by atoms with van der Waals surface area (Å²) in [5.41, 5.74) is 2.60. The fraction of sp³-hybridized carbons (Fsp3) is 0.444. The number of rotatable bonds is 5. The first-order valence-electron chi connectivity index (χ1n) is 12.4. The number of carbonyl (C=O) groups excluding carboxylic acids is 2. The van der Waals surface area contributed by atoms with Gasteiger partial charge in [0, 0.05) is 43.9 Å². The Morgan fingerprint density at radius 3 is 2.53 bits per heavy atom. The first-order valence-corrected chi connectivity index (χ1v) is 12.4. The largest absolute Gasteiger partial charge is 0.381 e. The second-order valence-electron chi connectivity index (χ2n) is 9.66. The van der Waals surface area contributed by atoms with Crippen LogP contribution in [0.5, 0.6) is 0 Å². The number of piperidine rings is 1. The molecule has 9 heteroatoms. The van der Waals surface area contributed by atoms with Crippen molar-refractivity contribution in [2.75, 3.05) is 17.3 Å². The SMILES string of the molecule is COC1CCC(n2c(C3CCCC(=O)N3c3ccc(F)c(F)c3)nc3cc(NC(C)=O)ccc32)CC1. The highest BCUT2D eigenvalue weighted by Crippen LogP contribution is 2.41. The first-order chi connectivity index (χ1) is 17.4. The Bertz CT molecular complexity index is 1300. The van der Waals surface area contributed by atoms with Crippen LogP contribution < -0.4 is 10.2 Å². The summed E-state index contributed by atoms with van der Waals surface area (Å²) in [4.78, 5) is 31.3. The number of nitrogens with one attached hydrogen (secondary N) is 1. The van der Waals surface area contributed by atoms with E-state index in [1.807, 2.05) is 18.2 Å². The first kappa shape index (κ1) is 24.4. The van der Waals surface area contributed by atoms with Crippen LogP contribution in [0.15, 0.2) is 36.4 Å². The molecule has 0 spiro atoms. The van der Waals surface area contributed by atoms with E-state index in [1.165, 1.54) is 13.0 Å². The van der Waals surface area contributed by atoms with Crippen molar-refractivity contribution in [3.8, 4) is 0 Å². The summed E-state index contributed by atoms with van der Waals surface area (Å²) in [5, 5.41) is 2.80. The zero-order valence-corrected chi connectivity index (χ0v) is 20.5. The van der Waals surface area contributed by atoms with Gasteiger partial charge in [-0.25, -0.2) is 13.8 Å². The number of ether oxygens (including phenoxy) is 1. The molecule has 2 fully saturated rings. The van der Waals surface area contributed by atoms with Crippen molar-refractivity contribution >= 4 is 34.2 Å². The molecule has 1 saturated carbocycles. The molecule has 2 heterocycles. The molecule has 7 nitrogen and oxygen atoms in total. The van der Waals surface area contributed by atoms with Crippen LogP contribution in [-0.4, -0.2) is 34.6 Å². The third-order valence-electron chi connectivity index (χ3n) is 7.31. The number of anilines is 2. The topological polar surface area (TPSA) is 76.5 Å². The Hall–Kier alpha value is -3.33. The minimum atomic E-state index is -0.990.